The minimum Gasteiger partial charge on any atom is -0.287 e. The predicted molar refractivity (Wildman–Crippen MR) is 75.1 cm³/mol. The molecule has 0 saturated carbocycles. The zero-order valence-corrected chi connectivity index (χ0v) is 11.3. The normalized spacial score (nSPS) is 11.3. The maximum atomic E-state index is 14.2. The van der Waals surface area contributed by atoms with E-state index in [0.29, 0.717) is 0 Å². The maximum Gasteiger partial charge on any atom is 0.334 e. The molecule has 2 rings (SSSR count). The lowest BCUT2D eigenvalue weighted by molar-refractivity contribution is 0.00742. The summed E-state index contributed by atoms with van der Waals surface area (Å²) in [6, 6.07) is 13.6. The first kappa shape index (κ1) is 14.4. The second-order valence-corrected chi connectivity index (χ2v) is 4.72. The number of carbonyl (C=O) groups is 1. The zero-order valence-electron chi connectivity index (χ0n) is 11.3. The number of benzene rings is 2. The number of aryl methyl sites for hydroxylation is 1. The fraction of sp³-hybridized carbons (Fsp3) is 0.235. The molecule has 0 N–H and O–H groups in total. The quantitative estimate of drug-likeness (QED) is 0.727. The van der Waals surface area contributed by atoms with E-state index in [-0.39, 0.29) is 11.1 Å². The topological polar surface area (TPSA) is 17.1 Å². The molecule has 0 unspecified atom stereocenters. The molecule has 0 heterocycles. The summed E-state index contributed by atoms with van der Waals surface area (Å²) in [4.78, 5) is 11.9. The number of rotatable bonds is 5. The van der Waals surface area contributed by atoms with Crippen LogP contribution in [-0.4, -0.2) is 5.78 Å². The molecule has 0 amide bonds. The number of carbonyl (C=O) groups excluding carboxylic acids is 1. The molecule has 2 aromatic rings. The van der Waals surface area contributed by atoms with E-state index >= 15 is 0 Å². The van der Waals surface area contributed by atoms with E-state index in [0.717, 1.165) is 18.4 Å². The van der Waals surface area contributed by atoms with Gasteiger partial charge in [0.15, 0.2) is 0 Å². The van der Waals surface area contributed by atoms with Crippen LogP contribution in [0.1, 0.15) is 34.8 Å². The van der Waals surface area contributed by atoms with Gasteiger partial charge in [0.2, 0.25) is 5.78 Å². The van der Waals surface area contributed by atoms with Gasteiger partial charge >= 0.3 is 5.92 Å². The van der Waals surface area contributed by atoms with Crippen LogP contribution in [0.2, 0.25) is 0 Å². The highest BCUT2D eigenvalue weighted by atomic mass is 19.3. The lowest BCUT2D eigenvalue weighted by atomic mass is 9.97. The highest BCUT2D eigenvalue weighted by Gasteiger charge is 2.41. The molecule has 0 aliphatic rings. The van der Waals surface area contributed by atoms with Crippen molar-refractivity contribution < 1.29 is 13.6 Å². The second-order valence-electron chi connectivity index (χ2n) is 4.72. The molecular weight excluding hydrogens is 258 g/mol. The second kappa shape index (κ2) is 5.95. The smallest absolute Gasteiger partial charge is 0.287 e. The average Bonchev–Trinajstić information content (AvgIpc) is 2.48. The first-order chi connectivity index (χ1) is 9.55. The van der Waals surface area contributed by atoms with Gasteiger partial charge in [0.1, 0.15) is 0 Å². The Labute approximate surface area is 117 Å². The Morgan fingerprint density at radius 2 is 1.60 bits per heavy atom. The summed E-state index contributed by atoms with van der Waals surface area (Å²) in [7, 11) is 0. The van der Waals surface area contributed by atoms with Crippen molar-refractivity contribution in [2.75, 3.05) is 0 Å². The highest BCUT2D eigenvalue weighted by molar-refractivity contribution is 6.01. The Balaban J connectivity index is 2.27. The zero-order chi connectivity index (χ0) is 14.6. The average molecular weight is 274 g/mol. The maximum absolute atomic E-state index is 14.2. The van der Waals surface area contributed by atoms with Gasteiger partial charge in [0.25, 0.3) is 0 Å². The number of halogens is 2. The Kier molecular flexibility index (Phi) is 4.28. The van der Waals surface area contributed by atoms with E-state index in [9.17, 15) is 13.6 Å². The van der Waals surface area contributed by atoms with Gasteiger partial charge in [-0.1, -0.05) is 67.9 Å². The predicted octanol–water partition coefficient (Wildman–Crippen LogP) is 4.61. The molecule has 2 aromatic carbocycles. The molecule has 0 bridgehead atoms. The van der Waals surface area contributed by atoms with Crippen LogP contribution in [0.25, 0.3) is 0 Å². The van der Waals surface area contributed by atoms with Crippen molar-refractivity contribution in [3.8, 4) is 0 Å². The molecule has 0 radical (unpaired) electrons. The molecule has 3 heteroatoms. The van der Waals surface area contributed by atoms with Crippen molar-refractivity contribution >= 4 is 5.78 Å². The van der Waals surface area contributed by atoms with Crippen molar-refractivity contribution in [1.29, 1.82) is 0 Å². The molecule has 0 aliphatic carbocycles. The molecule has 20 heavy (non-hydrogen) atoms. The van der Waals surface area contributed by atoms with Gasteiger partial charge in [-0.2, -0.15) is 8.78 Å². The fourth-order valence-electron chi connectivity index (χ4n) is 2.07. The standard InChI is InChI=1S/C17H16F2O/c1-2-6-13-9-11-15(12-10-13)17(18,19)16(20)14-7-4-3-5-8-14/h3-5,7-12H,2,6H2,1H3. The van der Waals surface area contributed by atoms with Crippen molar-refractivity contribution in [3.63, 3.8) is 0 Å². The summed E-state index contributed by atoms with van der Waals surface area (Å²) in [5, 5.41) is 0. The van der Waals surface area contributed by atoms with Crippen molar-refractivity contribution in [3.05, 3.63) is 71.3 Å². The number of hydrogen-bond donors (Lipinski definition) is 0. The van der Waals surface area contributed by atoms with Crippen LogP contribution in [0.15, 0.2) is 54.6 Å². The van der Waals surface area contributed by atoms with E-state index in [1.54, 1.807) is 30.3 Å². The van der Waals surface area contributed by atoms with Gasteiger partial charge in [-0.25, -0.2) is 0 Å². The van der Waals surface area contributed by atoms with Crippen LogP contribution in [-0.2, 0) is 12.3 Å². The van der Waals surface area contributed by atoms with Crippen LogP contribution in [0.5, 0.6) is 0 Å². The molecule has 104 valence electrons. The molecule has 0 aromatic heterocycles. The monoisotopic (exact) mass is 274 g/mol. The molecule has 1 nitrogen and oxygen atoms in total. The van der Waals surface area contributed by atoms with Gasteiger partial charge in [-0.15, -0.1) is 0 Å². The third-order valence-electron chi connectivity index (χ3n) is 3.18. The van der Waals surface area contributed by atoms with Crippen LogP contribution >= 0.6 is 0 Å². The lowest BCUT2D eigenvalue weighted by Gasteiger charge is -2.16. The summed E-state index contributed by atoms with van der Waals surface area (Å²) >= 11 is 0. The third-order valence-corrected chi connectivity index (χ3v) is 3.18. The van der Waals surface area contributed by atoms with Crippen LogP contribution in [0.3, 0.4) is 0 Å². The van der Waals surface area contributed by atoms with Crippen molar-refractivity contribution in [2.24, 2.45) is 0 Å². The van der Waals surface area contributed by atoms with Crippen molar-refractivity contribution in [1.82, 2.24) is 0 Å². The number of Topliss-reactive ketones (excluding diaryl/α,β-unsaturated/α-hetero) is 1. The molecule has 0 fully saturated rings. The van der Waals surface area contributed by atoms with E-state index in [4.69, 9.17) is 0 Å². The van der Waals surface area contributed by atoms with E-state index in [1.165, 1.54) is 24.3 Å². The summed E-state index contributed by atoms with van der Waals surface area (Å²) < 4.78 is 28.4. The van der Waals surface area contributed by atoms with Crippen LogP contribution in [0.4, 0.5) is 8.78 Å². The Morgan fingerprint density at radius 1 is 1.00 bits per heavy atom. The Morgan fingerprint density at radius 3 is 2.15 bits per heavy atom. The van der Waals surface area contributed by atoms with Crippen LogP contribution in [0, 0.1) is 0 Å². The molecule has 0 saturated heterocycles. The van der Waals surface area contributed by atoms with E-state index in [2.05, 4.69) is 0 Å². The summed E-state index contributed by atoms with van der Waals surface area (Å²) in [5.41, 5.74) is 0.764. The van der Waals surface area contributed by atoms with E-state index < -0.39 is 11.7 Å². The van der Waals surface area contributed by atoms with Crippen LogP contribution < -0.4 is 0 Å². The molecule has 0 spiro atoms. The molecular formula is C17H16F2O. The minimum absolute atomic E-state index is 0.0233. The third kappa shape index (κ3) is 2.93. The van der Waals surface area contributed by atoms with Gasteiger partial charge < -0.3 is 0 Å². The first-order valence-electron chi connectivity index (χ1n) is 6.62. The summed E-state index contributed by atoms with van der Waals surface area (Å²) in [6.07, 6.45) is 1.80. The fourth-order valence-corrected chi connectivity index (χ4v) is 2.07. The number of ketones is 1. The SMILES string of the molecule is CCCc1ccc(C(F)(F)C(=O)c2ccccc2)cc1. The molecule has 0 atom stereocenters. The largest absolute Gasteiger partial charge is 0.334 e. The Bertz CT molecular complexity index is 574. The van der Waals surface area contributed by atoms with Gasteiger partial charge in [-0.05, 0) is 12.0 Å². The summed E-state index contributed by atoms with van der Waals surface area (Å²) in [5.74, 6) is -4.66. The van der Waals surface area contributed by atoms with Crippen molar-refractivity contribution in [2.45, 2.75) is 25.7 Å². The highest BCUT2D eigenvalue weighted by Crippen LogP contribution is 2.32. The van der Waals surface area contributed by atoms with E-state index in [1.807, 2.05) is 6.92 Å². The van der Waals surface area contributed by atoms with Gasteiger partial charge in [0, 0.05) is 11.1 Å². The van der Waals surface area contributed by atoms with Gasteiger partial charge in [0.05, 0.1) is 0 Å². The number of hydrogen-bond acceptors (Lipinski definition) is 1. The van der Waals surface area contributed by atoms with Gasteiger partial charge in [-0.3, -0.25) is 4.79 Å². The lowest BCUT2D eigenvalue weighted by Crippen LogP contribution is -2.26. The first-order valence-corrected chi connectivity index (χ1v) is 6.62. The molecule has 0 aliphatic heterocycles. The summed E-state index contributed by atoms with van der Waals surface area (Å²) in [6.45, 7) is 2.03. The number of alkyl halides is 2. The Hall–Kier alpha value is -2.03. The minimum atomic E-state index is -3.49.